The molecular formula is C26H33N3O4. The molecule has 3 rings (SSSR count). The van der Waals surface area contributed by atoms with Gasteiger partial charge in [0.25, 0.3) is 0 Å². The summed E-state index contributed by atoms with van der Waals surface area (Å²) in [5, 5.41) is 0. The lowest BCUT2D eigenvalue weighted by Crippen LogP contribution is -2.49. The normalized spacial score (nSPS) is 16.8. The lowest BCUT2D eigenvalue weighted by atomic mass is 10.0. The van der Waals surface area contributed by atoms with Crippen molar-refractivity contribution in [2.24, 2.45) is 5.92 Å². The first kappa shape index (κ1) is 24.5. The van der Waals surface area contributed by atoms with Gasteiger partial charge >= 0.3 is 0 Å². The first-order chi connectivity index (χ1) is 15.8. The Kier molecular flexibility index (Phi) is 7.87. The van der Waals surface area contributed by atoms with Gasteiger partial charge in [-0.2, -0.15) is 0 Å². The number of aryl methyl sites for hydroxylation is 2. The maximum Gasteiger partial charge on any atom is 0.247 e. The Morgan fingerprint density at radius 3 is 2.55 bits per heavy atom. The van der Waals surface area contributed by atoms with Crippen molar-refractivity contribution >= 4 is 35.3 Å². The quantitative estimate of drug-likeness (QED) is 0.576. The van der Waals surface area contributed by atoms with Crippen LogP contribution in [0.15, 0.2) is 42.5 Å². The zero-order valence-corrected chi connectivity index (χ0v) is 20.1. The maximum atomic E-state index is 13.9. The van der Waals surface area contributed by atoms with Crippen LogP contribution in [0, 0.1) is 12.8 Å². The number of para-hydroxylation sites is 3. The zero-order valence-electron chi connectivity index (χ0n) is 20.1. The molecule has 2 atom stereocenters. The third kappa shape index (κ3) is 4.93. The Labute approximate surface area is 195 Å². The van der Waals surface area contributed by atoms with Gasteiger partial charge in [0.05, 0.1) is 35.6 Å². The molecule has 2 aromatic rings. The lowest BCUT2D eigenvalue weighted by Gasteiger charge is -2.34. The van der Waals surface area contributed by atoms with Crippen LogP contribution in [0.5, 0.6) is 0 Å². The molecule has 7 heteroatoms. The molecule has 0 bridgehead atoms. The summed E-state index contributed by atoms with van der Waals surface area (Å²) >= 11 is 0. The van der Waals surface area contributed by atoms with Crippen molar-refractivity contribution in [2.75, 3.05) is 41.5 Å². The molecule has 2 unspecified atom stereocenters. The average Bonchev–Trinajstić information content (AvgIpc) is 2.90. The van der Waals surface area contributed by atoms with Gasteiger partial charge in [-0.15, -0.1) is 0 Å². The summed E-state index contributed by atoms with van der Waals surface area (Å²) in [5.41, 5.74) is 4.11. The highest BCUT2D eigenvalue weighted by atomic mass is 16.5. The Bertz CT molecular complexity index is 1020. The van der Waals surface area contributed by atoms with E-state index in [1.165, 1.54) is 9.80 Å². The van der Waals surface area contributed by atoms with Gasteiger partial charge in [-0.3, -0.25) is 14.4 Å². The van der Waals surface area contributed by atoms with Crippen molar-refractivity contribution in [1.82, 2.24) is 0 Å². The minimum atomic E-state index is -0.440. The maximum absolute atomic E-state index is 13.9. The molecule has 0 fully saturated rings. The number of amides is 3. The number of anilines is 3. The van der Waals surface area contributed by atoms with Crippen LogP contribution >= 0.6 is 0 Å². The molecule has 0 saturated carbocycles. The lowest BCUT2D eigenvalue weighted by molar-refractivity contribution is -0.124. The van der Waals surface area contributed by atoms with Gasteiger partial charge in [-0.25, -0.2) is 0 Å². The smallest absolute Gasteiger partial charge is 0.247 e. The number of ether oxygens (including phenoxy) is 1. The fourth-order valence-corrected chi connectivity index (χ4v) is 4.52. The second kappa shape index (κ2) is 10.6. The molecule has 176 valence electrons. The van der Waals surface area contributed by atoms with E-state index in [4.69, 9.17) is 4.74 Å². The highest BCUT2D eigenvalue weighted by Crippen LogP contribution is 2.34. The first-order valence-corrected chi connectivity index (χ1v) is 11.4. The second-order valence-corrected chi connectivity index (χ2v) is 8.58. The number of hydrogen-bond acceptors (Lipinski definition) is 4. The van der Waals surface area contributed by atoms with E-state index in [0.717, 1.165) is 29.6 Å². The number of methoxy groups -OCH3 is 1. The third-order valence-corrected chi connectivity index (χ3v) is 6.12. The molecule has 7 nitrogen and oxygen atoms in total. The molecule has 0 radical (unpaired) electrons. The second-order valence-electron chi connectivity index (χ2n) is 8.58. The van der Waals surface area contributed by atoms with Crippen molar-refractivity contribution in [1.29, 1.82) is 0 Å². The molecule has 2 aromatic carbocycles. The Hall–Kier alpha value is -3.19. The van der Waals surface area contributed by atoms with E-state index >= 15 is 0 Å². The third-order valence-electron chi connectivity index (χ3n) is 6.12. The fourth-order valence-electron chi connectivity index (χ4n) is 4.52. The van der Waals surface area contributed by atoms with Gasteiger partial charge in [0.2, 0.25) is 18.2 Å². The van der Waals surface area contributed by atoms with E-state index in [1.54, 1.807) is 31.1 Å². The van der Waals surface area contributed by atoms with Gasteiger partial charge in [-0.05, 0) is 43.5 Å². The van der Waals surface area contributed by atoms with Gasteiger partial charge in [0.15, 0.2) is 0 Å². The summed E-state index contributed by atoms with van der Waals surface area (Å²) in [6, 6.07) is 13.0. The number of nitrogens with zero attached hydrogens (tertiary/aromatic N) is 3. The molecule has 33 heavy (non-hydrogen) atoms. The minimum Gasteiger partial charge on any atom is -0.383 e. The molecule has 0 saturated heterocycles. The van der Waals surface area contributed by atoms with Crippen LogP contribution in [0.3, 0.4) is 0 Å². The highest BCUT2D eigenvalue weighted by molar-refractivity contribution is 6.08. The highest BCUT2D eigenvalue weighted by Gasteiger charge is 2.34. The molecule has 0 N–H and O–H groups in total. The van der Waals surface area contributed by atoms with Crippen molar-refractivity contribution in [3.8, 4) is 0 Å². The van der Waals surface area contributed by atoms with Crippen molar-refractivity contribution < 1.29 is 19.1 Å². The number of carbonyl (C=O) groups is 3. The summed E-state index contributed by atoms with van der Waals surface area (Å²) in [5.74, 6) is -0.816. The standard InChI is InChI=1S/C26H33N3O4/c1-6-21-11-9-10-18(2)25(21)29(20(4)16-33-5)24(31)15-28-23-13-8-7-12-22(23)27(17-30)14-19(3)26(28)32/h7-13,17,19-20H,6,14-16H2,1-5H3. The van der Waals surface area contributed by atoms with Crippen LogP contribution in [0.4, 0.5) is 17.1 Å². The topological polar surface area (TPSA) is 70.2 Å². The van der Waals surface area contributed by atoms with Crippen LogP contribution in [0.1, 0.15) is 31.9 Å². The monoisotopic (exact) mass is 451 g/mol. The van der Waals surface area contributed by atoms with E-state index in [2.05, 4.69) is 6.92 Å². The Morgan fingerprint density at radius 2 is 1.91 bits per heavy atom. The van der Waals surface area contributed by atoms with Gasteiger partial charge in [0, 0.05) is 13.7 Å². The summed E-state index contributed by atoms with van der Waals surface area (Å²) in [6.07, 6.45) is 1.51. The number of carbonyl (C=O) groups excluding carboxylic acids is 3. The van der Waals surface area contributed by atoms with Crippen molar-refractivity contribution in [2.45, 2.75) is 40.2 Å². The largest absolute Gasteiger partial charge is 0.383 e. The van der Waals surface area contributed by atoms with Crippen LogP contribution in [-0.2, 0) is 25.5 Å². The minimum absolute atomic E-state index is 0.127. The van der Waals surface area contributed by atoms with E-state index in [9.17, 15) is 14.4 Å². The zero-order chi connectivity index (χ0) is 24.1. The van der Waals surface area contributed by atoms with Crippen LogP contribution in [-0.4, -0.2) is 51.1 Å². The first-order valence-electron chi connectivity index (χ1n) is 11.4. The Balaban J connectivity index is 2.06. The van der Waals surface area contributed by atoms with E-state index in [-0.39, 0.29) is 30.9 Å². The number of hydrogen-bond donors (Lipinski definition) is 0. The SMILES string of the molecule is CCc1cccc(C)c1N(C(=O)CN1C(=O)C(C)CN(C=O)c2ccccc21)C(C)COC. The Morgan fingerprint density at radius 1 is 1.21 bits per heavy atom. The van der Waals surface area contributed by atoms with E-state index < -0.39 is 5.92 Å². The molecule has 0 aliphatic carbocycles. The van der Waals surface area contributed by atoms with Crippen molar-refractivity contribution in [3.05, 3.63) is 53.6 Å². The predicted octanol–water partition coefficient (Wildman–Crippen LogP) is 3.57. The fraction of sp³-hybridized carbons (Fsp3) is 0.423. The summed E-state index contributed by atoms with van der Waals surface area (Å²) < 4.78 is 5.38. The molecule has 1 heterocycles. The molecular weight excluding hydrogens is 418 g/mol. The summed E-state index contributed by atoms with van der Waals surface area (Å²) in [7, 11) is 1.61. The molecule has 1 aliphatic heterocycles. The van der Waals surface area contributed by atoms with Gasteiger partial charge < -0.3 is 19.4 Å². The van der Waals surface area contributed by atoms with E-state index in [0.29, 0.717) is 18.0 Å². The van der Waals surface area contributed by atoms with Crippen LogP contribution < -0.4 is 14.7 Å². The van der Waals surface area contributed by atoms with Gasteiger partial charge in [0.1, 0.15) is 6.54 Å². The summed E-state index contributed by atoms with van der Waals surface area (Å²) in [6.45, 7) is 8.29. The molecule has 1 aliphatic rings. The predicted molar refractivity (Wildman–Crippen MR) is 131 cm³/mol. The van der Waals surface area contributed by atoms with Crippen LogP contribution in [0.25, 0.3) is 0 Å². The van der Waals surface area contributed by atoms with Crippen LogP contribution in [0.2, 0.25) is 0 Å². The number of benzene rings is 2. The molecule has 0 spiro atoms. The van der Waals surface area contributed by atoms with Crippen molar-refractivity contribution in [3.63, 3.8) is 0 Å². The average molecular weight is 452 g/mol. The van der Waals surface area contributed by atoms with E-state index in [1.807, 2.05) is 44.2 Å². The molecule has 0 aromatic heterocycles. The summed E-state index contributed by atoms with van der Waals surface area (Å²) in [4.78, 5) is 43.7. The van der Waals surface area contributed by atoms with Gasteiger partial charge in [-0.1, -0.05) is 44.2 Å². The number of rotatable bonds is 8. The molecule has 3 amide bonds. The number of fused-ring (bicyclic) bond motifs is 1.